The first-order chi connectivity index (χ1) is 10.2. The standard InChI is InChI=1S/C17H20N2O2/c1-14-5-4-7-16(13-14)21-12-9-17(20)19-11-8-15-6-2-3-10-18-15/h2-7,10,13H,8-9,11-12H2,1H3,(H,19,20). The van der Waals surface area contributed by atoms with Crippen LogP contribution in [0.1, 0.15) is 17.7 Å². The van der Waals surface area contributed by atoms with Gasteiger partial charge in [-0.3, -0.25) is 9.78 Å². The van der Waals surface area contributed by atoms with Crippen LogP contribution in [0.15, 0.2) is 48.7 Å². The Morgan fingerprint density at radius 1 is 1.24 bits per heavy atom. The van der Waals surface area contributed by atoms with E-state index in [0.29, 0.717) is 19.6 Å². The van der Waals surface area contributed by atoms with E-state index in [2.05, 4.69) is 10.3 Å². The molecule has 0 spiro atoms. The number of rotatable bonds is 7. The van der Waals surface area contributed by atoms with Gasteiger partial charge in [0.2, 0.25) is 5.91 Å². The van der Waals surface area contributed by atoms with Gasteiger partial charge >= 0.3 is 0 Å². The number of amides is 1. The summed E-state index contributed by atoms with van der Waals surface area (Å²) in [6.45, 7) is 3.00. The molecule has 0 saturated carbocycles. The van der Waals surface area contributed by atoms with E-state index >= 15 is 0 Å². The molecule has 1 aromatic heterocycles. The van der Waals surface area contributed by atoms with Crippen molar-refractivity contribution in [3.05, 3.63) is 59.9 Å². The molecular weight excluding hydrogens is 264 g/mol. The van der Waals surface area contributed by atoms with Crippen LogP contribution in [0.3, 0.4) is 0 Å². The summed E-state index contributed by atoms with van der Waals surface area (Å²) in [5, 5.41) is 2.87. The van der Waals surface area contributed by atoms with Gasteiger partial charge in [0.1, 0.15) is 5.75 Å². The van der Waals surface area contributed by atoms with Gasteiger partial charge in [0.15, 0.2) is 0 Å². The molecule has 1 N–H and O–H groups in total. The third-order valence-electron chi connectivity index (χ3n) is 3.02. The van der Waals surface area contributed by atoms with E-state index in [4.69, 9.17) is 4.74 Å². The van der Waals surface area contributed by atoms with Crippen LogP contribution >= 0.6 is 0 Å². The summed E-state index contributed by atoms with van der Waals surface area (Å²) in [5.41, 5.74) is 2.13. The van der Waals surface area contributed by atoms with Crippen molar-refractivity contribution in [2.45, 2.75) is 19.8 Å². The molecule has 0 unspecified atom stereocenters. The van der Waals surface area contributed by atoms with Crippen molar-refractivity contribution in [1.29, 1.82) is 0 Å². The number of aryl methyl sites for hydroxylation is 1. The zero-order valence-electron chi connectivity index (χ0n) is 12.2. The average molecular weight is 284 g/mol. The molecule has 2 rings (SSSR count). The number of aromatic nitrogens is 1. The summed E-state index contributed by atoms with van der Waals surface area (Å²) in [6, 6.07) is 13.6. The lowest BCUT2D eigenvalue weighted by molar-refractivity contribution is -0.121. The van der Waals surface area contributed by atoms with E-state index in [1.165, 1.54) is 0 Å². The molecule has 21 heavy (non-hydrogen) atoms. The fraction of sp³-hybridized carbons (Fsp3) is 0.294. The first kappa shape index (κ1) is 15.0. The molecule has 0 saturated heterocycles. The normalized spacial score (nSPS) is 10.1. The Kier molecular flexibility index (Phi) is 5.76. The predicted molar refractivity (Wildman–Crippen MR) is 82.2 cm³/mol. The van der Waals surface area contributed by atoms with E-state index in [1.54, 1.807) is 6.20 Å². The third kappa shape index (κ3) is 5.65. The lowest BCUT2D eigenvalue weighted by Crippen LogP contribution is -2.27. The topological polar surface area (TPSA) is 51.2 Å². The average Bonchev–Trinajstić information content (AvgIpc) is 2.48. The fourth-order valence-electron chi connectivity index (χ4n) is 1.93. The van der Waals surface area contributed by atoms with Crippen LogP contribution in [0.2, 0.25) is 0 Å². The molecule has 1 aromatic carbocycles. The summed E-state index contributed by atoms with van der Waals surface area (Å²) in [5.74, 6) is 0.801. The summed E-state index contributed by atoms with van der Waals surface area (Å²) in [7, 11) is 0. The number of carbonyl (C=O) groups excluding carboxylic acids is 1. The lowest BCUT2D eigenvalue weighted by Gasteiger charge is -2.07. The first-order valence-corrected chi connectivity index (χ1v) is 7.10. The van der Waals surface area contributed by atoms with Gasteiger partial charge in [-0.15, -0.1) is 0 Å². The SMILES string of the molecule is Cc1cccc(OCCC(=O)NCCc2ccccn2)c1. The number of hydrogen-bond acceptors (Lipinski definition) is 3. The maximum atomic E-state index is 11.7. The Hall–Kier alpha value is -2.36. The number of pyridine rings is 1. The Morgan fingerprint density at radius 2 is 2.14 bits per heavy atom. The molecule has 0 fully saturated rings. The molecule has 2 aromatic rings. The van der Waals surface area contributed by atoms with Gasteiger partial charge in [0, 0.05) is 24.9 Å². The van der Waals surface area contributed by atoms with E-state index in [-0.39, 0.29) is 5.91 Å². The molecular formula is C17H20N2O2. The second-order valence-corrected chi connectivity index (χ2v) is 4.84. The van der Waals surface area contributed by atoms with Crippen molar-refractivity contribution in [3.8, 4) is 5.75 Å². The van der Waals surface area contributed by atoms with E-state index in [1.807, 2.05) is 49.4 Å². The van der Waals surface area contributed by atoms with Gasteiger partial charge in [-0.25, -0.2) is 0 Å². The van der Waals surface area contributed by atoms with Crippen LogP contribution in [0, 0.1) is 6.92 Å². The third-order valence-corrected chi connectivity index (χ3v) is 3.02. The van der Waals surface area contributed by atoms with Gasteiger partial charge in [-0.05, 0) is 36.8 Å². The van der Waals surface area contributed by atoms with Gasteiger partial charge in [0.05, 0.1) is 13.0 Å². The second-order valence-electron chi connectivity index (χ2n) is 4.84. The minimum atomic E-state index is -0.00131. The van der Waals surface area contributed by atoms with Crippen molar-refractivity contribution in [2.24, 2.45) is 0 Å². The number of hydrogen-bond donors (Lipinski definition) is 1. The highest BCUT2D eigenvalue weighted by molar-refractivity contribution is 5.75. The van der Waals surface area contributed by atoms with Gasteiger partial charge < -0.3 is 10.1 Å². The molecule has 4 nitrogen and oxygen atoms in total. The minimum absolute atomic E-state index is 0.00131. The van der Waals surface area contributed by atoms with Gasteiger partial charge in [-0.1, -0.05) is 18.2 Å². The molecule has 1 amide bonds. The maximum Gasteiger partial charge on any atom is 0.223 e. The monoisotopic (exact) mass is 284 g/mol. The number of nitrogens with zero attached hydrogens (tertiary/aromatic N) is 1. The van der Waals surface area contributed by atoms with Crippen molar-refractivity contribution >= 4 is 5.91 Å². The number of benzene rings is 1. The van der Waals surface area contributed by atoms with Crippen LogP contribution < -0.4 is 10.1 Å². The molecule has 1 heterocycles. The van der Waals surface area contributed by atoms with Crippen molar-refractivity contribution < 1.29 is 9.53 Å². The second kappa shape index (κ2) is 8.04. The zero-order chi connectivity index (χ0) is 14.9. The van der Waals surface area contributed by atoms with Crippen molar-refractivity contribution in [2.75, 3.05) is 13.2 Å². The van der Waals surface area contributed by atoms with Crippen LogP contribution in [0.5, 0.6) is 5.75 Å². The van der Waals surface area contributed by atoms with Crippen molar-refractivity contribution in [1.82, 2.24) is 10.3 Å². The van der Waals surface area contributed by atoms with E-state index in [0.717, 1.165) is 23.4 Å². The van der Waals surface area contributed by atoms with E-state index < -0.39 is 0 Å². The van der Waals surface area contributed by atoms with E-state index in [9.17, 15) is 4.79 Å². The molecule has 110 valence electrons. The Morgan fingerprint density at radius 3 is 2.90 bits per heavy atom. The molecule has 0 atom stereocenters. The highest BCUT2D eigenvalue weighted by Gasteiger charge is 2.02. The molecule has 4 heteroatoms. The quantitative estimate of drug-likeness (QED) is 0.850. The number of carbonyl (C=O) groups is 1. The zero-order valence-corrected chi connectivity index (χ0v) is 12.2. The van der Waals surface area contributed by atoms with Crippen molar-refractivity contribution in [3.63, 3.8) is 0 Å². The molecule has 0 radical (unpaired) electrons. The van der Waals surface area contributed by atoms with Gasteiger partial charge in [-0.2, -0.15) is 0 Å². The molecule has 0 bridgehead atoms. The Labute approximate surface area is 125 Å². The van der Waals surface area contributed by atoms with Crippen LogP contribution in [0.4, 0.5) is 0 Å². The first-order valence-electron chi connectivity index (χ1n) is 7.10. The minimum Gasteiger partial charge on any atom is -0.493 e. The highest BCUT2D eigenvalue weighted by atomic mass is 16.5. The van der Waals surface area contributed by atoms with Gasteiger partial charge in [0.25, 0.3) is 0 Å². The summed E-state index contributed by atoms with van der Waals surface area (Å²) >= 11 is 0. The van der Waals surface area contributed by atoms with Crippen LogP contribution in [0.25, 0.3) is 0 Å². The number of ether oxygens (including phenoxy) is 1. The Bertz CT molecular complexity index is 570. The van der Waals surface area contributed by atoms with Crippen LogP contribution in [-0.4, -0.2) is 24.0 Å². The molecule has 0 aliphatic carbocycles. The summed E-state index contributed by atoms with van der Waals surface area (Å²) < 4.78 is 5.55. The lowest BCUT2D eigenvalue weighted by atomic mass is 10.2. The maximum absolute atomic E-state index is 11.7. The highest BCUT2D eigenvalue weighted by Crippen LogP contribution is 2.12. The molecule has 0 aliphatic heterocycles. The van der Waals surface area contributed by atoms with Crippen LogP contribution in [-0.2, 0) is 11.2 Å². The smallest absolute Gasteiger partial charge is 0.223 e. The Balaban J connectivity index is 1.61. The summed E-state index contributed by atoms with van der Waals surface area (Å²) in [4.78, 5) is 15.9. The summed E-state index contributed by atoms with van der Waals surface area (Å²) in [6.07, 6.45) is 2.86. The predicted octanol–water partition coefficient (Wildman–Crippen LogP) is 2.52. The molecule has 0 aliphatic rings. The number of nitrogens with one attached hydrogen (secondary N) is 1. The fourth-order valence-corrected chi connectivity index (χ4v) is 1.93. The largest absolute Gasteiger partial charge is 0.493 e.